The minimum absolute atomic E-state index is 0. The quantitative estimate of drug-likeness (QED) is 0.281. The van der Waals surface area contributed by atoms with Gasteiger partial charge in [-0.25, -0.2) is 4.98 Å². The van der Waals surface area contributed by atoms with Gasteiger partial charge in [0.15, 0.2) is 5.96 Å². The largest absolute Gasteiger partial charge is 0.356 e. The summed E-state index contributed by atoms with van der Waals surface area (Å²) in [4.78, 5) is 11.4. The lowest BCUT2D eigenvalue weighted by Crippen LogP contribution is -2.48. The summed E-state index contributed by atoms with van der Waals surface area (Å²) in [6.07, 6.45) is 5.79. The summed E-state index contributed by atoms with van der Waals surface area (Å²) in [7, 11) is 1.85. The van der Waals surface area contributed by atoms with Gasteiger partial charge in [0, 0.05) is 50.2 Å². The number of hydrogen-bond donors (Lipinski definition) is 2. The molecule has 5 nitrogen and oxygen atoms in total. The molecule has 1 aliphatic heterocycles. The van der Waals surface area contributed by atoms with Crippen LogP contribution in [0.2, 0.25) is 0 Å². The normalized spacial score (nSPS) is 16.7. The molecule has 0 atom stereocenters. The van der Waals surface area contributed by atoms with Crippen LogP contribution in [0.15, 0.2) is 10.4 Å². The molecule has 24 heavy (non-hydrogen) atoms. The van der Waals surface area contributed by atoms with E-state index in [1.165, 1.54) is 43.9 Å². The number of aliphatic imine (C=N–C) groups is 1. The first-order chi connectivity index (χ1) is 11.2. The molecule has 1 aliphatic rings. The van der Waals surface area contributed by atoms with Gasteiger partial charge >= 0.3 is 0 Å². The molecule has 0 aliphatic carbocycles. The van der Waals surface area contributed by atoms with E-state index in [1.54, 1.807) is 11.3 Å². The summed E-state index contributed by atoms with van der Waals surface area (Å²) in [6, 6.07) is 0.552. The van der Waals surface area contributed by atoms with Crippen LogP contribution >= 0.6 is 35.3 Å². The van der Waals surface area contributed by atoms with E-state index < -0.39 is 0 Å². The lowest BCUT2D eigenvalue weighted by molar-refractivity contribution is 0.206. The first-order valence-electron chi connectivity index (χ1n) is 8.81. The molecule has 0 spiro atoms. The summed E-state index contributed by atoms with van der Waals surface area (Å²) >= 11 is 1.76. The van der Waals surface area contributed by atoms with E-state index in [-0.39, 0.29) is 24.0 Å². The number of aromatic nitrogens is 1. The highest BCUT2D eigenvalue weighted by Gasteiger charge is 2.19. The number of thiazole rings is 1. The Morgan fingerprint density at radius 1 is 1.42 bits per heavy atom. The van der Waals surface area contributed by atoms with Gasteiger partial charge in [0.2, 0.25) is 0 Å². The van der Waals surface area contributed by atoms with Gasteiger partial charge in [0.05, 0.1) is 5.01 Å². The van der Waals surface area contributed by atoms with Crippen LogP contribution in [0.25, 0.3) is 0 Å². The zero-order chi connectivity index (χ0) is 16.5. The average molecular weight is 465 g/mol. The number of likely N-dealkylation sites (tertiary alicyclic amines) is 1. The van der Waals surface area contributed by atoms with E-state index in [4.69, 9.17) is 0 Å². The molecule has 0 aromatic carbocycles. The fraction of sp³-hybridized carbons (Fsp3) is 0.765. The van der Waals surface area contributed by atoms with Crippen LogP contribution in [-0.2, 0) is 6.42 Å². The lowest BCUT2D eigenvalue weighted by Gasteiger charge is -2.32. The van der Waals surface area contributed by atoms with Crippen LogP contribution < -0.4 is 10.6 Å². The number of nitrogens with zero attached hydrogens (tertiary/aromatic N) is 3. The van der Waals surface area contributed by atoms with Crippen molar-refractivity contribution in [3.63, 3.8) is 0 Å². The molecule has 138 valence electrons. The van der Waals surface area contributed by atoms with Crippen molar-refractivity contribution in [2.45, 2.75) is 52.0 Å². The van der Waals surface area contributed by atoms with Crippen molar-refractivity contribution in [2.75, 3.05) is 33.2 Å². The molecule has 7 heteroatoms. The first-order valence-corrected chi connectivity index (χ1v) is 9.69. The van der Waals surface area contributed by atoms with Crippen molar-refractivity contribution < 1.29 is 0 Å². The summed E-state index contributed by atoms with van der Waals surface area (Å²) in [6.45, 7) is 8.87. The summed E-state index contributed by atoms with van der Waals surface area (Å²) in [5, 5.41) is 10.4. The Morgan fingerprint density at radius 2 is 2.17 bits per heavy atom. The molecule has 0 unspecified atom stereocenters. The molecule has 1 saturated heterocycles. The Hall–Kier alpha value is -0.410. The molecule has 0 amide bonds. The minimum Gasteiger partial charge on any atom is -0.356 e. The van der Waals surface area contributed by atoms with Gasteiger partial charge in [-0.3, -0.25) is 4.99 Å². The smallest absolute Gasteiger partial charge is 0.191 e. The van der Waals surface area contributed by atoms with Crippen molar-refractivity contribution >= 4 is 41.3 Å². The van der Waals surface area contributed by atoms with E-state index in [9.17, 15) is 0 Å². The number of guanidine groups is 1. The molecule has 1 fully saturated rings. The minimum atomic E-state index is 0. The second-order valence-electron chi connectivity index (χ2n) is 6.25. The van der Waals surface area contributed by atoms with Crippen LogP contribution in [0.1, 0.15) is 43.3 Å². The van der Waals surface area contributed by atoms with Gasteiger partial charge in [-0.15, -0.1) is 35.3 Å². The number of aryl methyl sites for hydroxylation is 2. The molecule has 2 rings (SSSR count). The van der Waals surface area contributed by atoms with Gasteiger partial charge < -0.3 is 15.5 Å². The van der Waals surface area contributed by atoms with Crippen LogP contribution in [0.5, 0.6) is 0 Å². The third-order valence-corrected chi connectivity index (χ3v) is 5.24. The molecule has 0 radical (unpaired) electrons. The zero-order valence-corrected chi connectivity index (χ0v) is 18.3. The van der Waals surface area contributed by atoms with Crippen molar-refractivity contribution in [1.82, 2.24) is 20.5 Å². The summed E-state index contributed by atoms with van der Waals surface area (Å²) in [5.41, 5.74) is 1.13. The summed E-state index contributed by atoms with van der Waals surface area (Å²) in [5.74, 6) is 0.939. The SMILES string of the molecule is CCCN1CCC(NC(=NC)NCCCc2nc(C)cs2)CC1.I. The van der Waals surface area contributed by atoms with Gasteiger partial charge in [0.1, 0.15) is 0 Å². The van der Waals surface area contributed by atoms with E-state index in [2.05, 4.69) is 44.7 Å². The number of halogens is 1. The second kappa shape index (κ2) is 12.0. The molecular formula is C17H32IN5S. The molecule has 0 saturated carbocycles. The van der Waals surface area contributed by atoms with Crippen LogP contribution in [-0.4, -0.2) is 55.1 Å². The number of hydrogen-bond acceptors (Lipinski definition) is 4. The van der Waals surface area contributed by atoms with E-state index >= 15 is 0 Å². The molecule has 1 aromatic rings. The molecule has 2 N–H and O–H groups in total. The fourth-order valence-electron chi connectivity index (χ4n) is 2.97. The molecule has 1 aromatic heterocycles. The van der Waals surface area contributed by atoms with E-state index in [0.717, 1.165) is 31.0 Å². The number of piperidine rings is 1. The number of rotatable bonds is 7. The average Bonchev–Trinajstić information content (AvgIpc) is 2.97. The Morgan fingerprint density at radius 3 is 2.75 bits per heavy atom. The van der Waals surface area contributed by atoms with Gasteiger partial charge in [-0.05, 0) is 39.2 Å². The summed E-state index contributed by atoms with van der Waals surface area (Å²) < 4.78 is 0. The standard InChI is InChI=1S/C17H31N5S.HI/c1-4-10-22-11-7-15(8-12-22)21-17(18-3)19-9-5-6-16-20-14(2)13-23-16;/h13,15H,4-12H2,1-3H3,(H2,18,19,21);1H. The maximum atomic E-state index is 4.50. The van der Waals surface area contributed by atoms with Crippen molar-refractivity contribution in [1.29, 1.82) is 0 Å². The Kier molecular flexibility index (Phi) is 10.8. The van der Waals surface area contributed by atoms with Crippen molar-refractivity contribution in [2.24, 2.45) is 4.99 Å². The van der Waals surface area contributed by atoms with Crippen LogP contribution in [0, 0.1) is 6.92 Å². The molecule has 0 bridgehead atoms. The van der Waals surface area contributed by atoms with Crippen molar-refractivity contribution in [3.05, 3.63) is 16.1 Å². The Balaban J connectivity index is 0.00000288. The van der Waals surface area contributed by atoms with Gasteiger partial charge in [-0.1, -0.05) is 6.92 Å². The highest BCUT2D eigenvalue weighted by atomic mass is 127. The molecular weight excluding hydrogens is 433 g/mol. The maximum absolute atomic E-state index is 4.50. The highest BCUT2D eigenvalue weighted by Crippen LogP contribution is 2.11. The predicted octanol–water partition coefficient (Wildman–Crippen LogP) is 3.04. The zero-order valence-electron chi connectivity index (χ0n) is 15.2. The fourth-order valence-corrected chi connectivity index (χ4v) is 3.79. The van der Waals surface area contributed by atoms with Gasteiger partial charge in [-0.2, -0.15) is 0 Å². The van der Waals surface area contributed by atoms with E-state index in [0.29, 0.717) is 6.04 Å². The maximum Gasteiger partial charge on any atom is 0.191 e. The monoisotopic (exact) mass is 465 g/mol. The topological polar surface area (TPSA) is 52.5 Å². The highest BCUT2D eigenvalue weighted by molar-refractivity contribution is 14.0. The second-order valence-corrected chi connectivity index (χ2v) is 7.19. The van der Waals surface area contributed by atoms with Gasteiger partial charge in [0.25, 0.3) is 0 Å². The van der Waals surface area contributed by atoms with E-state index in [1.807, 2.05) is 7.05 Å². The third kappa shape index (κ3) is 7.65. The predicted molar refractivity (Wildman–Crippen MR) is 115 cm³/mol. The van der Waals surface area contributed by atoms with Crippen molar-refractivity contribution in [3.8, 4) is 0 Å². The van der Waals surface area contributed by atoms with Crippen LogP contribution in [0.3, 0.4) is 0 Å². The Bertz CT molecular complexity index is 483. The molecule has 2 heterocycles. The first kappa shape index (κ1) is 21.6. The third-order valence-electron chi connectivity index (χ3n) is 4.22. The number of nitrogens with one attached hydrogen (secondary N) is 2. The lowest BCUT2D eigenvalue weighted by atomic mass is 10.1. The Labute approximate surface area is 167 Å². The van der Waals surface area contributed by atoms with Crippen LogP contribution in [0.4, 0.5) is 0 Å².